The molecule has 0 saturated heterocycles. The lowest BCUT2D eigenvalue weighted by atomic mass is 9.72. The molecule has 0 heterocycles. The van der Waals surface area contributed by atoms with Crippen LogP contribution in [0, 0.1) is 5.41 Å². The standard InChI is InChI=1S/C36H60N2O6S2/c1-8-10-12-14-16-18-24-43-31-23-21-30(27-33(31)45(37,39)40)38-46(41,42)34-26-29(36(6,7)28-35(3,4)5)20-22-32(34)44-25-19-17-15-13-11-9-2/h20-23,26-27,38H,8-19,24-25,28H2,1-7H3,(H2,37,39,40). The molecule has 0 aromatic heterocycles. The van der Waals surface area contributed by atoms with Crippen molar-refractivity contribution < 1.29 is 26.3 Å². The lowest BCUT2D eigenvalue weighted by molar-refractivity contribution is 0.281. The van der Waals surface area contributed by atoms with Crippen LogP contribution in [0.3, 0.4) is 0 Å². The fourth-order valence-corrected chi connectivity index (χ4v) is 7.86. The Balaban J connectivity index is 2.35. The SMILES string of the molecule is CCCCCCCCOc1ccc(NS(=O)(=O)c2cc(C(C)(C)CC(C)(C)C)ccc2OCCCCCCCC)cc1S(N)(=O)=O. The second-order valence-corrected chi connectivity index (χ2v) is 17.5. The van der Waals surface area contributed by atoms with Gasteiger partial charge in [-0.15, -0.1) is 0 Å². The van der Waals surface area contributed by atoms with E-state index in [9.17, 15) is 16.8 Å². The summed E-state index contributed by atoms with van der Waals surface area (Å²) in [4.78, 5) is -0.253. The molecule has 2 aromatic carbocycles. The van der Waals surface area contributed by atoms with E-state index in [1.54, 1.807) is 12.1 Å². The molecular weight excluding hydrogens is 621 g/mol. The Kier molecular flexibility index (Phi) is 15.9. The first-order valence-corrected chi connectivity index (χ1v) is 20.1. The monoisotopic (exact) mass is 680 g/mol. The maximum absolute atomic E-state index is 14.0. The van der Waals surface area contributed by atoms with Crippen LogP contribution < -0.4 is 19.3 Å². The van der Waals surface area contributed by atoms with Gasteiger partial charge in [-0.2, -0.15) is 0 Å². The minimum atomic E-state index is -4.19. The Morgan fingerprint density at radius 3 is 1.63 bits per heavy atom. The first-order chi connectivity index (χ1) is 21.5. The second-order valence-electron chi connectivity index (χ2n) is 14.3. The molecule has 0 aliphatic carbocycles. The van der Waals surface area contributed by atoms with Gasteiger partial charge in [0.15, 0.2) is 0 Å². The molecule has 0 aliphatic rings. The molecule has 2 rings (SSSR count). The summed E-state index contributed by atoms with van der Waals surface area (Å²) in [5.74, 6) is 0.370. The summed E-state index contributed by atoms with van der Waals surface area (Å²) >= 11 is 0. The minimum Gasteiger partial charge on any atom is -0.492 e. The van der Waals surface area contributed by atoms with Gasteiger partial charge in [0.05, 0.1) is 18.9 Å². The molecule has 2 aromatic rings. The topological polar surface area (TPSA) is 125 Å². The summed E-state index contributed by atoms with van der Waals surface area (Å²) in [7, 11) is -8.37. The summed E-state index contributed by atoms with van der Waals surface area (Å²) < 4.78 is 67.3. The fourth-order valence-electron chi connectivity index (χ4n) is 5.94. The number of primary sulfonamides is 1. The van der Waals surface area contributed by atoms with Gasteiger partial charge in [-0.1, -0.05) is 119 Å². The van der Waals surface area contributed by atoms with E-state index in [1.807, 2.05) is 6.07 Å². The Bertz CT molecular complexity index is 1430. The quantitative estimate of drug-likeness (QED) is 0.119. The van der Waals surface area contributed by atoms with E-state index in [0.717, 1.165) is 56.9 Å². The lowest BCUT2D eigenvalue weighted by Gasteiger charge is -2.33. The molecule has 0 bridgehead atoms. The molecule has 46 heavy (non-hydrogen) atoms. The number of nitrogens with two attached hydrogens (primary N) is 1. The van der Waals surface area contributed by atoms with E-state index in [2.05, 4.69) is 53.2 Å². The van der Waals surface area contributed by atoms with Crippen LogP contribution in [0.5, 0.6) is 11.5 Å². The summed E-state index contributed by atoms with van der Waals surface area (Å²) in [6.45, 7) is 15.8. The molecule has 0 aliphatic heterocycles. The van der Waals surface area contributed by atoms with Crippen molar-refractivity contribution in [2.75, 3.05) is 17.9 Å². The van der Waals surface area contributed by atoms with Crippen LogP contribution in [0.1, 0.15) is 138 Å². The van der Waals surface area contributed by atoms with Crippen LogP contribution >= 0.6 is 0 Å². The lowest BCUT2D eigenvalue weighted by Crippen LogP contribution is -2.25. The predicted molar refractivity (Wildman–Crippen MR) is 190 cm³/mol. The number of anilines is 1. The van der Waals surface area contributed by atoms with Crippen molar-refractivity contribution in [3.8, 4) is 11.5 Å². The highest BCUT2D eigenvalue weighted by Gasteiger charge is 2.30. The van der Waals surface area contributed by atoms with Gasteiger partial charge in [0.2, 0.25) is 10.0 Å². The average molecular weight is 681 g/mol. The van der Waals surface area contributed by atoms with Crippen LogP contribution in [0.4, 0.5) is 5.69 Å². The number of hydrogen-bond donors (Lipinski definition) is 2. The molecule has 8 nitrogen and oxygen atoms in total. The van der Waals surface area contributed by atoms with Gasteiger partial charge in [-0.3, -0.25) is 4.72 Å². The van der Waals surface area contributed by atoms with Crippen LogP contribution in [-0.2, 0) is 25.5 Å². The Morgan fingerprint density at radius 2 is 1.13 bits per heavy atom. The van der Waals surface area contributed by atoms with Gasteiger partial charge < -0.3 is 9.47 Å². The van der Waals surface area contributed by atoms with Crippen molar-refractivity contribution in [1.82, 2.24) is 0 Å². The highest BCUT2D eigenvalue weighted by Crippen LogP contribution is 2.39. The zero-order valence-electron chi connectivity index (χ0n) is 29.4. The van der Waals surface area contributed by atoms with E-state index < -0.39 is 20.0 Å². The maximum atomic E-state index is 14.0. The normalized spacial score (nSPS) is 12.7. The highest BCUT2D eigenvalue weighted by atomic mass is 32.2. The first-order valence-electron chi connectivity index (χ1n) is 17.1. The molecule has 0 atom stereocenters. The third-order valence-corrected chi connectivity index (χ3v) is 10.3. The van der Waals surface area contributed by atoms with Crippen LogP contribution in [0.15, 0.2) is 46.2 Å². The molecule has 0 spiro atoms. The summed E-state index contributed by atoms with van der Waals surface area (Å²) in [5, 5.41) is 5.53. The zero-order valence-corrected chi connectivity index (χ0v) is 31.0. The molecule has 0 fully saturated rings. The molecule has 3 N–H and O–H groups in total. The average Bonchev–Trinajstić information content (AvgIpc) is 2.95. The van der Waals surface area contributed by atoms with E-state index in [1.165, 1.54) is 50.3 Å². The number of benzene rings is 2. The van der Waals surface area contributed by atoms with Crippen molar-refractivity contribution in [1.29, 1.82) is 0 Å². The van der Waals surface area contributed by atoms with Gasteiger partial charge in [-0.05, 0) is 66.0 Å². The van der Waals surface area contributed by atoms with Crippen molar-refractivity contribution >= 4 is 25.7 Å². The molecular formula is C36H60N2O6S2. The highest BCUT2D eigenvalue weighted by molar-refractivity contribution is 7.92. The third kappa shape index (κ3) is 13.8. The molecule has 10 heteroatoms. The number of ether oxygens (including phenoxy) is 2. The van der Waals surface area contributed by atoms with Crippen LogP contribution in [0.2, 0.25) is 0 Å². The van der Waals surface area contributed by atoms with Gasteiger partial charge >= 0.3 is 0 Å². The smallest absolute Gasteiger partial charge is 0.265 e. The Morgan fingerprint density at radius 1 is 0.652 bits per heavy atom. The van der Waals surface area contributed by atoms with Crippen molar-refractivity contribution in [2.24, 2.45) is 10.6 Å². The fraction of sp³-hybridized carbons (Fsp3) is 0.667. The van der Waals surface area contributed by atoms with Gasteiger partial charge in [0.25, 0.3) is 10.0 Å². The largest absolute Gasteiger partial charge is 0.492 e. The molecule has 262 valence electrons. The molecule has 0 radical (unpaired) electrons. The molecule has 0 saturated carbocycles. The van der Waals surface area contributed by atoms with Crippen molar-refractivity contribution in [3.05, 3.63) is 42.0 Å². The van der Waals surface area contributed by atoms with Crippen molar-refractivity contribution in [3.63, 3.8) is 0 Å². The van der Waals surface area contributed by atoms with E-state index >= 15 is 0 Å². The maximum Gasteiger partial charge on any atom is 0.265 e. The summed E-state index contributed by atoms with van der Waals surface area (Å²) in [5.41, 5.74) is 0.655. The summed E-state index contributed by atoms with van der Waals surface area (Å²) in [6.07, 6.45) is 13.7. The van der Waals surface area contributed by atoms with E-state index in [0.29, 0.717) is 13.2 Å². The van der Waals surface area contributed by atoms with E-state index in [4.69, 9.17) is 14.6 Å². The third-order valence-electron chi connectivity index (χ3n) is 8.00. The van der Waals surface area contributed by atoms with Gasteiger partial charge in [-0.25, -0.2) is 22.0 Å². The van der Waals surface area contributed by atoms with Gasteiger partial charge in [0, 0.05) is 0 Å². The Hall–Kier alpha value is -2.30. The molecule has 0 amide bonds. The Labute approximate surface area is 280 Å². The first kappa shape index (κ1) is 39.9. The van der Waals surface area contributed by atoms with E-state index in [-0.39, 0.29) is 37.8 Å². The predicted octanol–water partition coefficient (Wildman–Crippen LogP) is 9.33. The zero-order chi connectivity index (χ0) is 34.4. The minimum absolute atomic E-state index is 0.0125. The number of nitrogens with one attached hydrogen (secondary N) is 1. The van der Waals surface area contributed by atoms with Crippen LogP contribution in [0.25, 0.3) is 0 Å². The molecule has 0 unspecified atom stereocenters. The van der Waals surface area contributed by atoms with Gasteiger partial charge in [0.1, 0.15) is 21.3 Å². The number of rotatable bonds is 22. The summed E-state index contributed by atoms with van der Waals surface area (Å²) in [6, 6.07) is 9.52. The van der Waals surface area contributed by atoms with Crippen LogP contribution in [-0.4, -0.2) is 30.0 Å². The number of hydrogen-bond acceptors (Lipinski definition) is 6. The van der Waals surface area contributed by atoms with Crippen molar-refractivity contribution in [2.45, 2.75) is 147 Å². The number of sulfonamides is 2. The second kappa shape index (κ2) is 18.3. The number of unbranched alkanes of at least 4 members (excludes halogenated alkanes) is 10.